The molecule has 1 aromatic heterocycles. The molecule has 0 aromatic carbocycles. The number of aromatic nitrogens is 2. The van der Waals surface area contributed by atoms with Crippen LogP contribution in [0.15, 0.2) is 6.07 Å². The van der Waals surface area contributed by atoms with Crippen LogP contribution in [0.25, 0.3) is 0 Å². The highest BCUT2D eigenvalue weighted by molar-refractivity contribution is 9.09. The first kappa shape index (κ1) is 12.1. The lowest BCUT2D eigenvalue weighted by atomic mass is 10.2. The molecule has 1 aliphatic heterocycles. The lowest BCUT2D eigenvalue weighted by molar-refractivity contribution is 0.258. The van der Waals surface area contributed by atoms with E-state index in [9.17, 15) is 0 Å². The van der Waals surface area contributed by atoms with E-state index < -0.39 is 0 Å². The third-order valence-electron chi connectivity index (χ3n) is 3.43. The molecular formula is C12H20BrN3. The van der Waals surface area contributed by atoms with Gasteiger partial charge in [-0.1, -0.05) is 22.9 Å². The Morgan fingerprint density at radius 2 is 2.38 bits per heavy atom. The van der Waals surface area contributed by atoms with E-state index in [0.717, 1.165) is 18.3 Å². The van der Waals surface area contributed by atoms with Crippen LogP contribution >= 0.6 is 15.9 Å². The van der Waals surface area contributed by atoms with Crippen LogP contribution in [-0.4, -0.2) is 32.6 Å². The lowest BCUT2D eigenvalue weighted by Gasteiger charge is -2.22. The Labute approximate surface area is 106 Å². The van der Waals surface area contributed by atoms with Gasteiger partial charge in [0.1, 0.15) is 0 Å². The second-order valence-electron chi connectivity index (χ2n) is 4.53. The summed E-state index contributed by atoms with van der Waals surface area (Å²) >= 11 is 3.60. The Morgan fingerprint density at radius 1 is 1.56 bits per heavy atom. The van der Waals surface area contributed by atoms with Crippen molar-refractivity contribution in [3.05, 3.63) is 17.5 Å². The topological polar surface area (TPSA) is 21.1 Å². The maximum atomic E-state index is 4.50. The van der Waals surface area contributed by atoms with Gasteiger partial charge < -0.3 is 0 Å². The van der Waals surface area contributed by atoms with Crippen molar-refractivity contribution in [3.63, 3.8) is 0 Å². The molecule has 1 atom stereocenters. The minimum atomic E-state index is 0.708. The molecule has 0 N–H and O–H groups in total. The second-order valence-corrected chi connectivity index (χ2v) is 5.17. The Hall–Kier alpha value is -0.350. The Morgan fingerprint density at radius 3 is 3.00 bits per heavy atom. The van der Waals surface area contributed by atoms with E-state index in [1.165, 1.54) is 30.8 Å². The molecule has 16 heavy (non-hydrogen) atoms. The number of aryl methyl sites for hydroxylation is 2. The zero-order valence-electron chi connectivity index (χ0n) is 10.1. The number of rotatable bonds is 4. The molecule has 3 nitrogen and oxygen atoms in total. The number of alkyl halides is 1. The van der Waals surface area contributed by atoms with Crippen LogP contribution in [0.4, 0.5) is 0 Å². The van der Waals surface area contributed by atoms with E-state index in [2.05, 4.69) is 38.9 Å². The third kappa shape index (κ3) is 2.48. The summed E-state index contributed by atoms with van der Waals surface area (Å²) in [4.78, 5) is 2.56. The Bertz CT molecular complexity index is 348. The van der Waals surface area contributed by atoms with Gasteiger partial charge in [0.25, 0.3) is 0 Å². The maximum absolute atomic E-state index is 4.50. The molecule has 1 aromatic rings. The van der Waals surface area contributed by atoms with Gasteiger partial charge in [0, 0.05) is 25.0 Å². The molecule has 1 saturated heterocycles. The van der Waals surface area contributed by atoms with Crippen molar-refractivity contribution in [1.29, 1.82) is 0 Å². The molecule has 1 aliphatic rings. The van der Waals surface area contributed by atoms with Crippen LogP contribution < -0.4 is 0 Å². The predicted molar refractivity (Wildman–Crippen MR) is 69.8 cm³/mol. The Balaban J connectivity index is 2.05. The molecular weight excluding hydrogens is 266 g/mol. The normalized spacial score (nSPS) is 21.8. The molecule has 0 radical (unpaired) electrons. The lowest BCUT2D eigenvalue weighted by Crippen LogP contribution is -2.30. The fraction of sp³-hybridized carbons (Fsp3) is 0.750. The summed E-state index contributed by atoms with van der Waals surface area (Å²) in [6.07, 6.45) is 3.67. The highest BCUT2D eigenvalue weighted by Crippen LogP contribution is 2.21. The molecule has 1 fully saturated rings. The van der Waals surface area contributed by atoms with Crippen molar-refractivity contribution >= 4 is 15.9 Å². The zero-order chi connectivity index (χ0) is 11.5. The predicted octanol–water partition coefficient (Wildman–Crippen LogP) is 2.34. The van der Waals surface area contributed by atoms with Crippen LogP contribution in [0.5, 0.6) is 0 Å². The molecule has 0 amide bonds. The van der Waals surface area contributed by atoms with Crippen molar-refractivity contribution in [2.24, 2.45) is 7.05 Å². The van der Waals surface area contributed by atoms with E-state index in [4.69, 9.17) is 0 Å². The van der Waals surface area contributed by atoms with Gasteiger partial charge in [0.2, 0.25) is 0 Å². The van der Waals surface area contributed by atoms with Crippen molar-refractivity contribution in [1.82, 2.24) is 14.7 Å². The van der Waals surface area contributed by atoms with Crippen LogP contribution in [0.2, 0.25) is 0 Å². The minimum absolute atomic E-state index is 0.708. The first-order chi connectivity index (χ1) is 7.74. The SMILES string of the molecule is CCc1cc(CN2CCCC2CBr)n(C)n1. The van der Waals surface area contributed by atoms with E-state index in [1.807, 2.05) is 11.7 Å². The minimum Gasteiger partial charge on any atom is -0.294 e. The van der Waals surface area contributed by atoms with Gasteiger partial charge in [-0.05, 0) is 31.9 Å². The summed E-state index contributed by atoms with van der Waals surface area (Å²) in [6.45, 7) is 4.42. The molecule has 2 heterocycles. The third-order valence-corrected chi connectivity index (χ3v) is 4.18. The van der Waals surface area contributed by atoms with Gasteiger partial charge >= 0.3 is 0 Å². The van der Waals surface area contributed by atoms with E-state index in [-0.39, 0.29) is 0 Å². The first-order valence-electron chi connectivity index (χ1n) is 6.06. The van der Waals surface area contributed by atoms with Crippen molar-refractivity contribution < 1.29 is 0 Å². The zero-order valence-corrected chi connectivity index (χ0v) is 11.7. The van der Waals surface area contributed by atoms with Gasteiger partial charge in [-0.3, -0.25) is 9.58 Å². The quantitative estimate of drug-likeness (QED) is 0.792. The number of likely N-dealkylation sites (tertiary alicyclic amines) is 1. The summed E-state index contributed by atoms with van der Waals surface area (Å²) in [5.41, 5.74) is 2.54. The summed E-state index contributed by atoms with van der Waals surface area (Å²) in [5.74, 6) is 0. The molecule has 2 rings (SSSR count). The average Bonchev–Trinajstić information content (AvgIpc) is 2.86. The molecule has 0 spiro atoms. The van der Waals surface area contributed by atoms with Crippen LogP contribution in [-0.2, 0) is 20.0 Å². The molecule has 1 unspecified atom stereocenters. The molecule has 0 saturated carbocycles. The summed E-state index contributed by atoms with van der Waals surface area (Å²) < 4.78 is 2.03. The number of halogens is 1. The molecule has 0 bridgehead atoms. The maximum Gasteiger partial charge on any atom is 0.0625 e. The smallest absolute Gasteiger partial charge is 0.0625 e. The van der Waals surface area contributed by atoms with E-state index >= 15 is 0 Å². The van der Waals surface area contributed by atoms with Gasteiger partial charge in [0.15, 0.2) is 0 Å². The van der Waals surface area contributed by atoms with Crippen LogP contribution in [0.3, 0.4) is 0 Å². The number of hydrogen-bond donors (Lipinski definition) is 0. The molecule has 90 valence electrons. The van der Waals surface area contributed by atoms with Gasteiger partial charge in [-0.25, -0.2) is 0 Å². The standard InChI is InChI=1S/C12H20BrN3/c1-3-10-7-12(15(2)14-10)9-16-6-4-5-11(16)8-13/h7,11H,3-6,8-9H2,1-2H3. The van der Waals surface area contributed by atoms with Crippen molar-refractivity contribution in [2.45, 2.75) is 38.8 Å². The summed E-state index contributed by atoms with van der Waals surface area (Å²) in [6, 6.07) is 2.95. The van der Waals surface area contributed by atoms with Gasteiger partial charge in [-0.2, -0.15) is 5.10 Å². The highest BCUT2D eigenvalue weighted by atomic mass is 79.9. The Kier molecular flexibility index (Phi) is 4.03. The number of nitrogens with zero attached hydrogens (tertiary/aromatic N) is 3. The van der Waals surface area contributed by atoms with Crippen molar-refractivity contribution in [2.75, 3.05) is 11.9 Å². The average molecular weight is 286 g/mol. The van der Waals surface area contributed by atoms with E-state index in [1.54, 1.807) is 0 Å². The fourth-order valence-corrected chi connectivity index (χ4v) is 3.11. The van der Waals surface area contributed by atoms with E-state index in [0.29, 0.717) is 6.04 Å². The van der Waals surface area contributed by atoms with Crippen LogP contribution in [0.1, 0.15) is 31.2 Å². The van der Waals surface area contributed by atoms with Crippen LogP contribution in [0, 0.1) is 0 Å². The second kappa shape index (κ2) is 5.32. The largest absolute Gasteiger partial charge is 0.294 e. The summed E-state index contributed by atoms with van der Waals surface area (Å²) in [5, 5.41) is 5.59. The van der Waals surface area contributed by atoms with Gasteiger partial charge in [0.05, 0.1) is 11.4 Å². The highest BCUT2D eigenvalue weighted by Gasteiger charge is 2.24. The fourth-order valence-electron chi connectivity index (χ4n) is 2.38. The molecule has 4 heteroatoms. The monoisotopic (exact) mass is 285 g/mol. The summed E-state index contributed by atoms with van der Waals surface area (Å²) in [7, 11) is 2.05. The number of hydrogen-bond acceptors (Lipinski definition) is 2. The first-order valence-corrected chi connectivity index (χ1v) is 7.18. The molecule has 0 aliphatic carbocycles. The van der Waals surface area contributed by atoms with Gasteiger partial charge in [-0.15, -0.1) is 0 Å². The van der Waals surface area contributed by atoms with Crippen molar-refractivity contribution in [3.8, 4) is 0 Å².